The van der Waals surface area contributed by atoms with E-state index in [1.165, 1.54) is 0 Å². The van der Waals surface area contributed by atoms with E-state index in [4.69, 9.17) is 11.0 Å². The molecule has 0 saturated carbocycles. The van der Waals surface area contributed by atoms with Crippen LogP contribution < -0.4 is 11.1 Å². The minimum atomic E-state index is 0.283. The van der Waals surface area contributed by atoms with Crippen molar-refractivity contribution >= 4 is 11.5 Å². The second kappa shape index (κ2) is 8.39. The van der Waals surface area contributed by atoms with Crippen molar-refractivity contribution in [2.75, 3.05) is 30.7 Å². The Kier molecular flexibility index (Phi) is 6.82. The van der Waals surface area contributed by atoms with Crippen molar-refractivity contribution in [3.63, 3.8) is 0 Å². The molecule has 3 N–H and O–H groups in total. The van der Waals surface area contributed by atoms with Crippen LogP contribution in [-0.2, 0) is 0 Å². The third-order valence-corrected chi connectivity index (χ3v) is 3.43. The van der Waals surface area contributed by atoms with Crippen molar-refractivity contribution in [3.8, 4) is 6.07 Å². The van der Waals surface area contributed by atoms with Gasteiger partial charge in [0.1, 0.15) is 11.9 Å². The number of nitrogens with two attached hydrogens (primary N) is 1. The van der Waals surface area contributed by atoms with Crippen molar-refractivity contribution < 1.29 is 0 Å². The van der Waals surface area contributed by atoms with Gasteiger partial charge >= 0.3 is 0 Å². The van der Waals surface area contributed by atoms with Crippen molar-refractivity contribution in [1.29, 1.82) is 5.26 Å². The van der Waals surface area contributed by atoms with Gasteiger partial charge in [0.05, 0.1) is 5.69 Å². The molecule has 0 aromatic carbocycles. The van der Waals surface area contributed by atoms with Gasteiger partial charge in [-0.3, -0.25) is 0 Å². The van der Waals surface area contributed by atoms with E-state index in [2.05, 4.69) is 36.0 Å². The number of nitrogen functional groups attached to an aromatic ring is 1. The second-order valence-corrected chi connectivity index (χ2v) is 4.96. The minimum absolute atomic E-state index is 0.283. The van der Waals surface area contributed by atoms with Crippen LogP contribution >= 0.6 is 0 Å². The van der Waals surface area contributed by atoms with Gasteiger partial charge in [-0.1, -0.05) is 13.8 Å². The Hall–Kier alpha value is -1.80. The molecule has 1 rings (SSSR count). The highest BCUT2D eigenvalue weighted by atomic mass is 15.1. The van der Waals surface area contributed by atoms with Gasteiger partial charge in [0.25, 0.3) is 0 Å². The predicted octanol–water partition coefficient (Wildman–Crippen LogP) is 2.46. The fraction of sp³-hybridized carbons (Fsp3) is 0.600. The molecule has 5 nitrogen and oxygen atoms in total. The summed E-state index contributed by atoms with van der Waals surface area (Å²) in [5, 5.41) is 12.2. The highest BCUT2D eigenvalue weighted by Crippen LogP contribution is 2.14. The number of rotatable bonds is 8. The highest BCUT2D eigenvalue weighted by Gasteiger charge is 2.07. The van der Waals surface area contributed by atoms with Gasteiger partial charge in [-0.05, 0) is 51.5 Å². The lowest BCUT2D eigenvalue weighted by atomic mass is 10.1. The molecule has 5 heteroatoms. The molecule has 0 spiro atoms. The highest BCUT2D eigenvalue weighted by molar-refractivity contribution is 5.54. The molecule has 1 heterocycles. The van der Waals surface area contributed by atoms with Crippen LogP contribution in [0.4, 0.5) is 11.5 Å². The monoisotopic (exact) mass is 275 g/mol. The standard InChI is InChI=1S/C15H25N5/c1-4-20(5-2)10-6-7-12(3)18-15-9-8-13(17)14(11-16)19-15/h8-9,12H,4-7,10,17H2,1-3H3,(H,18,19). The van der Waals surface area contributed by atoms with Crippen LogP contribution in [0.3, 0.4) is 0 Å². The first kappa shape index (κ1) is 16.3. The average Bonchev–Trinajstić information content (AvgIpc) is 2.45. The summed E-state index contributed by atoms with van der Waals surface area (Å²) >= 11 is 0. The molecule has 0 saturated heterocycles. The normalized spacial score (nSPS) is 12.2. The number of anilines is 2. The third kappa shape index (κ3) is 5.06. The molecule has 0 aliphatic carbocycles. The largest absolute Gasteiger partial charge is 0.396 e. The predicted molar refractivity (Wildman–Crippen MR) is 83.5 cm³/mol. The van der Waals surface area contributed by atoms with Crippen molar-refractivity contribution in [2.45, 2.75) is 39.7 Å². The Bertz CT molecular complexity index is 448. The summed E-state index contributed by atoms with van der Waals surface area (Å²) < 4.78 is 0. The Morgan fingerprint density at radius 2 is 2.10 bits per heavy atom. The van der Waals surface area contributed by atoms with Crippen molar-refractivity contribution in [1.82, 2.24) is 9.88 Å². The first-order valence-corrected chi connectivity index (χ1v) is 7.26. The van der Waals surface area contributed by atoms with Crippen LogP contribution in [0, 0.1) is 11.3 Å². The molecule has 0 amide bonds. The number of hydrogen-bond acceptors (Lipinski definition) is 5. The van der Waals surface area contributed by atoms with Gasteiger partial charge in [0.15, 0.2) is 5.69 Å². The molecule has 110 valence electrons. The molecule has 0 aliphatic rings. The summed E-state index contributed by atoms with van der Waals surface area (Å²) in [5.74, 6) is 0.714. The first-order chi connectivity index (χ1) is 9.60. The molecule has 0 bridgehead atoms. The minimum Gasteiger partial charge on any atom is -0.396 e. The van der Waals surface area contributed by atoms with Crippen LogP contribution in [0.2, 0.25) is 0 Å². The zero-order valence-electron chi connectivity index (χ0n) is 12.7. The van der Waals surface area contributed by atoms with Crippen LogP contribution in [0.15, 0.2) is 12.1 Å². The maximum absolute atomic E-state index is 8.91. The van der Waals surface area contributed by atoms with Gasteiger partial charge in [0.2, 0.25) is 0 Å². The second-order valence-electron chi connectivity index (χ2n) is 4.96. The number of nitrogens with zero attached hydrogens (tertiary/aromatic N) is 3. The molecule has 1 unspecified atom stereocenters. The van der Waals surface area contributed by atoms with E-state index in [1.54, 1.807) is 6.07 Å². The molecule has 1 aromatic heterocycles. The number of pyridine rings is 1. The Labute approximate surface area is 121 Å². The summed E-state index contributed by atoms with van der Waals surface area (Å²) in [6, 6.07) is 5.86. The molecular formula is C15H25N5. The van der Waals surface area contributed by atoms with E-state index >= 15 is 0 Å². The van der Waals surface area contributed by atoms with E-state index in [0.717, 1.165) is 32.5 Å². The van der Waals surface area contributed by atoms with E-state index < -0.39 is 0 Å². The SMILES string of the molecule is CCN(CC)CCCC(C)Nc1ccc(N)c(C#N)n1. The maximum Gasteiger partial charge on any atom is 0.165 e. The molecule has 0 radical (unpaired) electrons. The lowest BCUT2D eigenvalue weighted by molar-refractivity contribution is 0.295. The van der Waals surface area contributed by atoms with Gasteiger partial charge in [-0.25, -0.2) is 4.98 Å². The Morgan fingerprint density at radius 3 is 2.70 bits per heavy atom. The number of nitrogens with one attached hydrogen (secondary N) is 1. The van der Waals surface area contributed by atoms with Gasteiger partial charge in [0, 0.05) is 6.04 Å². The van der Waals surface area contributed by atoms with Crippen LogP contribution in [0.25, 0.3) is 0 Å². The summed E-state index contributed by atoms with van der Waals surface area (Å²) in [6.07, 6.45) is 2.22. The molecule has 1 atom stereocenters. The topological polar surface area (TPSA) is 78.0 Å². The molecular weight excluding hydrogens is 250 g/mol. The lowest BCUT2D eigenvalue weighted by Gasteiger charge is -2.20. The van der Waals surface area contributed by atoms with Crippen LogP contribution in [-0.4, -0.2) is 35.6 Å². The van der Waals surface area contributed by atoms with Crippen molar-refractivity contribution in [2.24, 2.45) is 0 Å². The van der Waals surface area contributed by atoms with E-state index in [9.17, 15) is 0 Å². The first-order valence-electron chi connectivity index (χ1n) is 7.26. The number of hydrogen-bond donors (Lipinski definition) is 2. The van der Waals surface area contributed by atoms with Gasteiger partial charge in [-0.15, -0.1) is 0 Å². The van der Waals surface area contributed by atoms with Crippen LogP contribution in [0.1, 0.15) is 39.3 Å². The Balaban J connectivity index is 2.43. The fourth-order valence-electron chi connectivity index (χ4n) is 2.13. The van der Waals surface area contributed by atoms with Crippen molar-refractivity contribution in [3.05, 3.63) is 17.8 Å². The number of nitriles is 1. The number of aromatic nitrogens is 1. The quantitative estimate of drug-likeness (QED) is 0.762. The summed E-state index contributed by atoms with van der Waals surface area (Å²) in [5.41, 5.74) is 6.36. The van der Waals surface area contributed by atoms with E-state index in [-0.39, 0.29) is 5.69 Å². The Morgan fingerprint density at radius 1 is 1.40 bits per heavy atom. The summed E-state index contributed by atoms with van der Waals surface area (Å²) in [7, 11) is 0. The zero-order valence-corrected chi connectivity index (χ0v) is 12.7. The summed E-state index contributed by atoms with van der Waals surface area (Å²) in [4.78, 5) is 6.62. The van der Waals surface area contributed by atoms with E-state index in [1.807, 2.05) is 12.1 Å². The summed E-state index contributed by atoms with van der Waals surface area (Å²) in [6.45, 7) is 9.83. The zero-order chi connectivity index (χ0) is 15.0. The fourth-order valence-corrected chi connectivity index (χ4v) is 2.13. The lowest BCUT2D eigenvalue weighted by Crippen LogP contribution is -2.25. The third-order valence-electron chi connectivity index (χ3n) is 3.43. The average molecular weight is 275 g/mol. The smallest absolute Gasteiger partial charge is 0.165 e. The van der Waals surface area contributed by atoms with E-state index in [0.29, 0.717) is 17.5 Å². The van der Waals surface area contributed by atoms with Gasteiger partial charge in [-0.2, -0.15) is 5.26 Å². The van der Waals surface area contributed by atoms with Gasteiger partial charge < -0.3 is 16.0 Å². The van der Waals surface area contributed by atoms with Crippen LogP contribution in [0.5, 0.6) is 0 Å². The molecule has 1 aromatic rings. The molecule has 0 fully saturated rings. The molecule has 20 heavy (non-hydrogen) atoms. The molecule has 0 aliphatic heterocycles. The maximum atomic E-state index is 8.91.